The summed E-state index contributed by atoms with van der Waals surface area (Å²) in [4.78, 5) is 3.26. The minimum absolute atomic E-state index is 0.515. The lowest BCUT2D eigenvalue weighted by molar-refractivity contribution is 1.46. The van der Waals surface area contributed by atoms with Crippen molar-refractivity contribution in [3.63, 3.8) is 0 Å². The molecular weight excluding hydrogens is 256 g/mol. The van der Waals surface area contributed by atoms with Crippen LogP contribution in [0.1, 0.15) is 25.0 Å². The highest BCUT2D eigenvalue weighted by molar-refractivity contribution is 6.09. The van der Waals surface area contributed by atoms with Crippen molar-refractivity contribution in [1.29, 1.82) is 5.41 Å². The second-order valence-electron chi connectivity index (χ2n) is 4.79. The van der Waals surface area contributed by atoms with E-state index in [1.165, 1.54) is 0 Å². The molecule has 1 heterocycles. The van der Waals surface area contributed by atoms with Crippen LogP contribution in [-0.4, -0.2) is 10.7 Å². The molecule has 2 rings (SSSR count). The van der Waals surface area contributed by atoms with Crippen LogP contribution in [0.15, 0.2) is 67.4 Å². The molecular formula is C19H20N2. The monoisotopic (exact) mass is 276 g/mol. The van der Waals surface area contributed by atoms with Crippen LogP contribution in [-0.2, 0) is 0 Å². The third kappa shape index (κ3) is 3.29. The first kappa shape index (κ1) is 14.8. The highest BCUT2D eigenvalue weighted by Gasteiger charge is 2.07. The molecule has 21 heavy (non-hydrogen) atoms. The summed E-state index contributed by atoms with van der Waals surface area (Å²) in [6, 6.07) is 6.01. The van der Waals surface area contributed by atoms with Gasteiger partial charge in [0.1, 0.15) is 0 Å². The summed E-state index contributed by atoms with van der Waals surface area (Å²) in [7, 11) is 0. The van der Waals surface area contributed by atoms with Crippen molar-refractivity contribution in [1.82, 2.24) is 4.98 Å². The Bertz CT molecular complexity index is 755. The molecule has 0 saturated carbocycles. The second kappa shape index (κ2) is 6.71. The lowest BCUT2D eigenvalue weighted by Gasteiger charge is -2.02. The van der Waals surface area contributed by atoms with E-state index in [9.17, 15) is 0 Å². The summed E-state index contributed by atoms with van der Waals surface area (Å²) >= 11 is 0. The number of fused-ring (bicyclic) bond motifs is 1. The Morgan fingerprint density at radius 2 is 1.95 bits per heavy atom. The first-order chi connectivity index (χ1) is 10.2. The number of hydrogen-bond donors (Lipinski definition) is 2. The lowest BCUT2D eigenvalue weighted by atomic mass is 10.0. The highest BCUT2D eigenvalue weighted by atomic mass is 14.7. The van der Waals surface area contributed by atoms with Crippen LogP contribution in [0.5, 0.6) is 0 Å². The minimum atomic E-state index is 0.515. The zero-order chi connectivity index (χ0) is 15.2. The Hall–Kier alpha value is -2.61. The maximum absolute atomic E-state index is 8.03. The smallest absolute Gasteiger partial charge is 0.0609 e. The fraction of sp³-hybridized carbons (Fsp3) is 0.105. The van der Waals surface area contributed by atoms with Crippen LogP contribution in [0.4, 0.5) is 0 Å². The summed E-state index contributed by atoms with van der Waals surface area (Å²) in [5.74, 6) is 0. The molecule has 1 aromatic heterocycles. The van der Waals surface area contributed by atoms with E-state index < -0.39 is 0 Å². The molecule has 2 nitrogen and oxygen atoms in total. The molecule has 0 saturated heterocycles. The zero-order valence-corrected chi connectivity index (χ0v) is 12.5. The number of hydrogen-bond acceptors (Lipinski definition) is 1. The quantitative estimate of drug-likeness (QED) is 0.552. The summed E-state index contributed by atoms with van der Waals surface area (Å²) in [5, 5.41) is 9.12. The van der Waals surface area contributed by atoms with Gasteiger partial charge in [-0.1, -0.05) is 43.0 Å². The average molecular weight is 276 g/mol. The topological polar surface area (TPSA) is 39.6 Å². The molecule has 2 heteroatoms. The third-order valence-corrected chi connectivity index (χ3v) is 3.27. The molecule has 0 aliphatic rings. The van der Waals surface area contributed by atoms with Crippen molar-refractivity contribution in [3.8, 4) is 0 Å². The fourth-order valence-corrected chi connectivity index (χ4v) is 2.19. The molecule has 2 N–H and O–H groups in total. The lowest BCUT2D eigenvalue weighted by Crippen LogP contribution is -1.93. The van der Waals surface area contributed by atoms with Gasteiger partial charge in [-0.05, 0) is 37.6 Å². The Labute approximate surface area is 125 Å². The van der Waals surface area contributed by atoms with Crippen LogP contribution in [0, 0.1) is 5.41 Å². The van der Waals surface area contributed by atoms with E-state index in [1.807, 2.05) is 68.6 Å². The second-order valence-corrected chi connectivity index (χ2v) is 4.79. The van der Waals surface area contributed by atoms with Gasteiger partial charge in [0, 0.05) is 28.2 Å². The van der Waals surface area contributed by atoms with Crippen molar-refractivity contribution in [3.05, 3.63) is 78.6 Å². The van der Waals surface area contributed by atoms with Gasteiger partial charge in [0.25, 0.3) is 0 Å². The van der Waals surface area contributed by atoms with Gasteiger partial charge in [-0.3, -0.25) is 0 Å². The molecule has 0 spiro atoms. The molecule has 0 radical (unpaired) electrons. The first-order valence-corrected chi connectivity index (χ1v) is 6.98. The molecule has 2 aromatic rings. The Kier molecular flexibility index (Phi) is 4.72. The molecule has 0 atom stereocenters. The van der Waals surface area contributed by atoms with Gasteiger partial charge in [0.2, 0.25) is 0 Å². The number of nitrogens with one attached hydrogen (secondary N) is 2. The van der Waals surface area contributed by atoms with E-state index in [0.717, 1.165) is 27.6 Å². The van der Waals surface area contributed by atoms with Gasteiger partial charge < -0.3 is 10.4 Å². The average Bonchev–Trinajstić information content (AvgIpc) is 2.90. The van der Waals surface area contributed by atoms with Crippen molar-refractivity contribution in [2.75, 3.05) is 0 Å². The van der Waals surface area contributed by atoms with E-state index in [-0.39, 0.29) is 0 Å². The molecule has 0 aliphatic carbocycles. The summed E-state index contributed by atoms with van der Waals surface area (Å²) < 4.78 is 0. The van der Waals surface area contributed by atoms with Gasteiger partial charge in [0.15, 0.2) is 0 Å². The number of aromatic amines is 1. The number of rotatable bonds is 5. The van der Waals surface area contributed by atoms with E-state index >= 15 is 0 Å². The first-order valence-electron chi connectivity index (χ1n) is 6.98. The summed E-state index contributed by atoms with van der Waals surface area (Å²) in [5.41, 5.74) is 4.51. The predicted molar refractivity (Wildman–Crippen MR) is 92.9 cm³/mol. The van der Waals surface area contributed by atoms with Crippen molar-refractivity contribution < 1.29 is 0 Å². The predicted octanol–water partition coefficient (Wildman–Crippen LogP) is 5.26. The number of benzene rings is 1. The molecule has 1 aromatic carbocycles. The van der Waals surface area contributed by atoms with E-state index in [1.54, 1.807) is 6.08 Å². The van der Waals surface area contributed by atoms with Gasteiger partial charge in [-0.2, -0.15) is 0 Å². The number of aromatic nitrogens is 1. The van der Waals surface area contributed by atoms with Gasteiger partial charge >= 0.3 is 0 Å². The SMILES string of the molecule is C=C(/C=C\C=CC)c1c[nH]c2ccc(C(=N)/C=C\C)cc12. The Morgan fingerprint density at radius 3 is 2.67 bits per heavy atom. The summed E-state index contributed by atoms with van der Waals surface area (Å²) in [6.45, 7) is 8.02. The molecule has 106 valence electrons. The van der Waals surface area contributed by atoms with Crippen molar-refractivity contribution >= 4 is 22.2 Å². The van der Waals surface area contributed by atoms with Crippen LogP contribution >= 0.6 is 0 Å². The van der Waals surface area contributed by atoms with Gasteiger partial charge in [0.05, 0.1) is 5.71 Å². The van der Waals surface area contributed by atoms with E-state index in [0.29, 0.717) is 5.71 Å². The zero-order valence-electron chi connectivity index (χ0n) is 12.5. The normalized spacial score (nSPS) is 12.1. The van der Waals surface area contributed by atoms with Crippen molar-refractivity contribution in [2.45, 2.75) is 13.8 Å². The number of H-pyrrole nitrogens is 1. The van der Waals surface area contributed by atoms with Crippen molar-refractivity contribution in [2.24, 2.45) is 0 Å². The van der Waals surface area contributed by atoms with Gasteiger partial charge in [-0.25, -0.2) is 0 Å². The molecule has 0 bridgehead atoms. The highest BCUT2D eigenvalue weighted by Crippen LogP contribution is 2.26. The van der Waals surface area contributed by atoms with Crippen LogP contribution in [0.3, 0.4) is 0 Å². The molecule has 0 aliphatic heterocycles. The fourth-order valence-electron chi connectivity index (χ4n) is 2.19. The Morgan fingerprint density at radius 1 is 1.14 bits per heavy atom. The molecule has 0 amide bonds. The summed E-state index contributed by atoms with van der Waals surface area (Å²) in [6.07, 6.45) is 13.6. The minimum Gasteiger partial charge on any atom is -0.361 e. The Balaban J connectivity index is 2.44. The standard InChI is InChI=1S/C19H20N2/c1-4-6-7-9-14(3)17-13-21-19-11-10-15(12-16(17)19)18(20)8-5-2/h4-13,20-21H,3H2,1-2H3/b6-4?,8-5-,9-7-,20-18?. The van der Waals surface area contributed by atoms with E-state index in [2.05, 4.69) is 11.6 Å². The number of allylic oxidation sites excluding steroid dienone is 7. The van der Waals surface area contributed by atoms with Crippen LogP contribution in [0.25, 0.3) is 16.5 Å². The van der Waals surface area contributed by atoms with Crippen LogP contribution < -0.4 is 0 Å². The molecule has 0 fully saturated rings. The molecule has 0 unspecified atom stereocenters. The maximum Gasteiger partial charge on any atom is 0.0609 e. The maximum atomic E-state index is 8.03. The van der Waals surface area contributed by atoms with Crippen LogP contribution in [0.2, 0.25) is 0 Å². The largest absolute Gasteiger partial charge is 0.361 e. The third-order valence-electron chi connectivity index (χ3n) is 3.27. The van der Waals surface area contributed by atoms with E-state index in [4.69, 9.17) is 5.41 Å². The van der Waals surface area contributed by atoms with Gasteiger partial charge in [-0.15, -0.1) is 0 Å².